The lowest BCUT2D eigenvalue weighted by molar-refractivity contribution is -0.947. The number of unbranched alkanes of at least 4 members (excludes halogenated alkanes) is 2. The molecule has 3 aliphatic rings. The highest BCUT2D eigenvalue weighted by Crippen LogP contribution is 2.42. The van der Waals surface area contributed by atoms with Gasteiger partial charge in [0.1, 0.15) is 43.0 Å². The Balaban J connectivity index is 0.931. The molecule has 3 heterocycles. The van der Waals surface area contributed by atoms with E-state index < -0.39 is 29.2 Å². The van der Waals surface area contributed by atoms with E-state index in [0.29, 0.717) is 112 Å². The summed E-state index contributed by atoms with van der Waals surface area (Å²) >= 11 is 6.02. The van der Waals surface area contributed by atoms with Gasteiger partial charge in [-0.3, -0.25) is 28.9 Å². The molecule has 1 aliphatic carbocycles. The van der Waals surface area contributed by atoms with Crippen LogP contribution >= 0.6 is 11.6 Å². The molecule has 1 atom stereocenters. The number of primary amides is 1. The van der Waals surface area contributed by atoms with E-state index in [0.717, 1.165) is 48.2 Å². The maximum Gasteiger partial charge on any atom is 0.312 e. The maximum atomic E-state index is 14.0. The highest BCUT2D eigenvalue weighted by Gasteiger charge is 2.51. The number of Topliss-reactive ketones (excluding diaryl/α,β-unsaturated/α-hetero) is 1. The van der Waals surface area contributed by atoms with Gasteiger partial charge < -0.3 is 45.7 Å². The van der Waals surface area contributed by atoms with Crippen LogP contribution in [0.3, 0.4) is 0 Å². The fourth-order valence-electron chi connectivity index (χ4n) is 9.20. The van der Waals surface area contributed by atoms with E-state index in [2.05, 4.69) is 31.2 Å². The Morgan fingerprint density at radius 2 is 1.62 bits per heavy atom. The van der Waals surface area contributed by atoms with E-state index in [1.807, 2.05) is 30.3 Å². The molecule has 71 heavy (non-hydrogen) atoms. The number of hydrogen-bond donors (Lipinski definition) is 5. The molecule has 0 bridgehead atoms. The minimum absolute atomic E-state index is 0.0142. The van der Waals surface area contributed by atoms with Crippen LogP contribution in [0.2, 0.25) is 5.02 Å². The number of halogens is 2. The molecule has 0 unspecified atom stereocenters. The number of carbonyl (C=O) groups is 6. The molecule has 1 saturated heterocycles. The summed E-state index contributed by atoms with van der Waals surface area (Å²) < 4.78 is 32.4. The molecule has 3 aromatic carbocycles. The average molecular weight is 1000 g/mol. The topological polar surface area (TPSA) is 233 Å². The number of rotatable bonds is 26. The second-order valence-electron chi connectivity index (χ2n) is 18.3. The monoisotopic (exact) mass is 998 g/mol. The predicted octanol–water partition coefficient (Wildman–Crippen LogP) is 5.42. The lowest BCUT2D eigenvalue weighted by Gasteiger charge is -2.41. The summed E-state index contributed by atoms with van der Waals surface area (Å²) in [6, 6.07) is 14.3. The van der Waals surface area contributed by atoms with Crippen LogP contribution in [0.25, 0.3) is 10.9 Å². The molecule has 18 nitrogen and oxygen atoms in total. The van der Waals surface area contributed by atoms with Crippen molar-refractivity contribution in [1.82, 2.24) is 30.8 Å². The number of nitrogens with two attached hydrogens (primary N) is 1. The molecular formula is C51H62ClFN9O9+. The number of benzene rings is 3. The fourth-order valence-corrected chi connectivity index (χ4v) is 9.38. The number of methoxy groups -OCH3 is 1. The highest BCUT2D eigenvalue weighted by molar-refractivity contribution is 6.31. The molecule has 1 aromatic heterocycles. The number of nitrogens with zero attached hydrogens (tertiary/aromatic N) is 4. The largest absolute Gasteiger partial charge is 0.493 e. The van der Waals surface area contributed by atoms with Crippen molar-refractivity contribution in [3.05, 3.63) is 95.0 Å². The SMILES string of the molecule is COc1cc2ncnc(Nc3ccc(F)c(Cl)c3)c2cc1OCCC[N+]1(Cc2ccc(CC(=O)[C@H](CCCNC(N)=O)NC(=O)C3(C(=O)NCCCCCN4C(=O)C=CC4=O)CCC3)cc2)CCOCC1. The quantitative estimate of drug-likeness (QED) is 0.0230. The fraction of sp³-hybridized carbons (Fsp3) is 0.451. The zero-order valence-electron chi connectivity index (χ0n) is 39.9. The zero-order chi connectivity index (χ0) is 50.4. The van der Waals surface area contributed by atoms with Gasteiger partial charge in [0.05, 0.1) is 50.1 Å². The number of urea groups is 1. The first-order valence-electron chi connectivity index (χ1n) is 24.2. The van der Waals surface area contributed by atoms with E-state index in [1.165, 1.54) is 35.5 Å². The van der Waals surface area contributed by atoms with Crippen LogP contribution in [0.4, 0.5) is 20.7 Å². The summed E-state index contributed by atoms with van der Waals surface area (Å²) in [4.78, 5) is 86.3. The number of nitrogens with one attached hydrogen (secondary N) is 4. The number of morpholine rings is 1. The van der Waals surface area contributed by atoms with Crippen LogP contribution in [0.15, 0.2) is 73.1 Å². The predicted molar refractivity (Wildman–Crippen MR) is 263 cm³/mol. The first-order chi connectivity index (χ1) is 34.3. The van der Waals surface area contributed by atoms with Gasteiger partial charge in [0.2, 0.25) is 11.8 Å². The summed E-state index contributed by atoms with van der Waals surface area (Å²) in [7, 11) is 1.57. The molecule has 4 aromatic rings. The van der Waals surface area contributed by atoms with Gasteiger partial charge in [-0.15, -0.1) is 0 Å². The van der Waals surface area contributed by atoms with Crippen LogP contribution in [-0.2, 0) is 41.7 Å². The van der Waals surface area contributed by atoms with Gasteiger partial charge in [-0.25, -0.2) is 19.2 Å². The summed E-state index contributed by atoms with van der Waals surface area (Å²) in [5.74, 6) is -0.743. The Bertz CT molecular complexity index is 2590. The van der Waals surface area contributed by atoms with Gasteiger partial charge in [-0.05, 0) is 74.8 Å². The Morgan fingerprint density at radius 3 is 2.31 bits per heavy atom. The van der Waals surface area contributed by atoms with E-state index in [4.69, 9.17) is 31.5 Å². The molecule has 378 valence electrons. The van der Waals surface area contributed by atoms with Crippen LogP contribution in [-0.4, -0.2) is 127 Å². The minimum Gasteiger partial charge on any atom is -0.493 e. The summed E-state index contributed by atoms with van der Waals surface area (Å²) in [5.41, 5.74) is 7.03. The molecular weight excluding hydrogens is 937 g/mol. The van der Waals surface area contributed by atoms with Crippen LogP contribution < -0.4 is 36.5 Å². The number of anilines is 2. The van der Waals surface area contributed by atoms with Crippen molar-refractivity contribution in [1.29, 1.82) is 0 Å². The molecule has 0 radical (unpaired) electrons. The Labute approximate surface area is 416 Å². The molecule has 6 N–H and O–H groups in total. The lowest BCUT2D eigenvalue weighted by Crippen LogP contribution is -2.58. The van der Waals surface area contributed by atoms with Crippen molar-refractivity contribution in [2.45, 2.75) is 76.8 Å². The number of carbonyl (C=O) groups excluding carboxylic acids is 6. The molecule has 2 fully saturated rings. The highest BCUT2D eigenvalue weighted by atomic mass is 35.5. The van der Waals surface area contributed by atoms with Gasteiger partial charge in [-0.2, -0.15) is 0 Å². The second-order valence-corrected chi connectivity index (χ2v) is 18.7. The van der Waals surface area contributed by atoms with Crippen molar-refractivity contribution in [3.63, 3.8) is 0 Å². The van der Waals surface area contributed by atoms with E-state index in [-0.39, 0.29) is 47.9 Å². The molecule has 6 amide bonds. The van der Waals surface area contributed by atoms with Crippen molar-refractivity contribution in [2.75, 3.05) is 71.5 Å². The van der Waals surface area contributed by atoms with Crippen LogP contribution in [0.5, 0.6) is 11.5 Å². The van der Waals surface area contributed by atoms with Crippen LogP contribution in [0.1, 0.15) is 68.9 Å². The van der Waals surface area contributed by atoms with Crippen LogP contribution in [0, 0.1) is 11.2 Å². The third-order valence-electron chi connectivity index (χ3n) is 13.5. The lowest BCUT2D eigenvalue weighted by atomic mass is 9.67. The van der Waals surface area contributed by atoms with E-state index in [1.54, 1.807) is 19.2 Å². The molecule has 20 heteroatoms. The molecule has 7 rings (SSSR count). The first-order valence-corrected chi connectivity index (χ1v) is 24.5. The standard InChI is InChI=1S/C51H61ClFN9O9/c1-69-43-31-41-37(47(58-33-57-41)59-36-13-14-39(53)38(52)29-36)30-44(43)71-25-7-22-62(23-26-70-27-24-62)32-35-11-9-34(10-12-35)28-42(63)40(8-5-20-56-50(54)68)60-49(67)51(17-6-18-51)48(66)55-19-3-2-4-21-61-45(64)15-16-46(61)65/h9-16,29-31,33,40H,2-8,17-28,32H2,1H3,(H5-,54,55,56,57,58,59,60,66,67,68)/p+1/t40-/m0/s1. The van der Waals surface area contributed by atoms with Gasteiger partial charge in [0.25, 0.3) is 11.8 Å². The van der Waals surface area contributed by atoms with Gasteiger partial charge in [0, 0.05) is 67.3 Å². The Kier molecular flexibility index (Phi) is 17.9. The number of fused-ring (bicyclic) bond motifs is 1. The van der Waals surface area contributed by atoms with Gasteiger partial charge in [0.15, 0.2) is 17.3 Å². The zero-order valence-corrected chi connectivity index (χ0v) is 40.7. The maximum absolute atomic E-state index is 14.0. The summed E-state index contributed by atoms with van der Waals surface area (Å²) in [5, 5.41) is 12.2. The van der Waals surface area contributed by atoms with E-state index in [9.17, 15) is 33.2 Å². The number of hydrogen-bond acceptors (Lipinski definition) is 12. The van der Waals surface area contributed by atoms with Crippen molar-refractivity contribution >= 4 is 69.5 Å². The summed E-state index contributed by atoms with van der Waals surface area (Å²) in [6.07, 6.45) is 8.57. The van der Waals surface area contributed by atoms with E-state index >= 15 is 0 Å². The average Bonchev–Trinajstić information content (AvgIpc) is 3.66. The van der Waals surface area contributed by atoms with Gasteiger partial charge in [-0.1, -0.05) is 42.3 Å². The molecule has 2 aliphatic heterocycles. The normalized spacial score (nSPS) is 16.2. The number of imide groups is 1. The smallest absolute Gasteiger partial charge is 0.312 e. The van der Waals surface area contributed by atoms with Crippen molar-refractivity contribution in [3.8, 4) is 11.5 Å². The molecule has 1 saturated carbocycles. The number of aromatic nitrogens is 2. The second kappa shape index (κ2) is 24.4. The number of ketones is 1. The third kappa shape index (κ3) is 13.6. The van der Waals surface area contributed by atoms with Gasteiger partial charge >= 0.3 is 6.03 Å². The summed E-state index contributed by atoms with van der Waals surface area (Å²) in [6.45, 7) is 5.67. The number of amides is 6. The first kappa shape index (κ1) is 52.1. The molecule has 0 spiro atoms. The number of ether oxygens (including phenoxy) is 3. The Hall–Kier alpha value is -6.70. The third-order valence-corrected chi connectivity index (χ3v) is 13.8. The Morgan fingerprint density at radius 1 is 0.887 bits per heavy atom. The van der Waals surface area contributed by atoms with Crippen molar-refractivity contribution < 1.29 is 51.9 Å². The van der Waals surface area contributed by atoms with Crippen molar-refractivity contribution in [2.24, 2.45) is 11.1 Å². The number of quaternary nitrogens is 1. The minimum atomic E-state index is -1.29.